The predicted molar refractivity (Wildman–Crippen MR) is 76.0 cm³/mol. The zero-order valence-corrected chi connectivity index (χ0v) is 12.5. The van der Waals surface area contributed by atoms with Crippen LogP contribution in [0.15, 0.2) is 18.3 Å². The third kappa shape index (κ3) is 5.03. The molecule has 22 heavy (non-hydrogen) atoms. The summed E-state index contributed by atoms with van der Waals surface area (Å²) in [6.45, 7) is 0.862. The third-order valence-electron chi connectivity index (χ3n) is 3.09. The van der Waals surface area contributed by atoms with Gasteiger partial charge in [-0.2, -0.15) is 13.2 Å². The van der Waals surface area contributed by atoms with Crippen LogP contribution in [-0.2, 0) is 11.0 Å². The van der Waals surface area contributed by atoms with Gasteiger partial charge < -0.3 is 15.4 Å². The van der Waals surface area contributed by atoms with Crippen LogP contribution in [0.3, 0.4) is 0 Å². The first-order chi connectivity index (χ1) is 9.98. The van der Waals surface area contributed by atoms with Crippen molar-refractivity contribution in [1.29, 1.82) is 0 Å². The third-order valence-corrected chi connectivity index (χ3v) is 3.09. The molecule has 124 valence electrons. The van der Waals surface area contributed by atoms with Crippen LogP contribution in [0.5, 0.6) is 5.88 Å². The van der Waals surface area contributed by atoms with E-state index < -0.39 is 17.6 Å². The highest BCUT2D eigenvalue weighted by atomic mass is 35.5. The Morgan fingerprint density at radius 2 is 2.27 bits per heavy atom. The topological polar surface area (TPSA) is 63.2 Å². The first-order valence-electron chi connectivity index (χ1n) is 6.64. The van der Waals surface area contributed by atoms with E-state index in [1.54, 1.807) is 0 Å². The molecule has 2 N–H and O–H groups in total. The normalized spacial score (nSPS) is 17.7. The van der Waals surface area contributed by atoms with E-state index in [-0.39, 0.29) is 37.5 Å². The van der Waals surface area contributed by atoms with Gasteiger partial charge in [-0.05, 0) is 31.5 Å². The van der Waals surface area contributed by atoms with E-state index in [0.29, 0.717) is 0 Å². The molecule has 2 rings (SSSR count). The molecule has 0 aromatic carbocycles. The Labute approximate surface area is 132 Å². The van der Waals surface area contributed by atoms with Crippen molar-refractivity contribution in [3.05, 3.63) is 23.9 Å². The largest absolute Gasteiger partial charge is 0.475 e. The number of ether oxygens (including phenoxy) is 1. The van der Waals surface area contributed by atoms with Crippen molar-refractivity contribution in [2.45, 2.75) is 25.1 Å². The maximum atomic E-state index is 12.7. The summed E-state index contributed by atoms with van der Waals surface area (Å²) in [5.74, 6) is -0.633. The Morgan fingerprint density at radius 1 is 1.50 bits per heavy atom. The lowest BCUT2D eigenvalue weighted by Gasteiger charge is -2.14. The van der Waals surface area contributed by atoms with E-state index in [2.05, 4.69) is 15.6 Å². The zero-order valence-electron chi connectivity index (χ0n) is 11.7. The number of alkyl halides is 3. The van der Waals surface area contributed by atoms with Crippen LogP contribution in [-0.4, -0.2) is 36.6 Å². The number of nitrogens with zero attached hydrogens (tertiary/aromatic N) is 1. The van der Waals surface area contributed by atoms with Gasteiger partial charge in [-0.1, -0.05) is 0 Å². The summed E-state index contributed by atoms with van der Waals surface area (Å²) in [6.07, 6.45) is -1.57. The molecular weight excluding hydrogens is 323 g/mol. The average molecular weight is 340 g/mol. The van der Waals surface area contributed by atoms with Gasteiger partial charge in [-0.15, -0.1) is 12.4 Å². The number of hydrogen-bond donors (Lipinski definition) is 2. The molecule has 1 saturated heterocycles. The lowest BCUT2D eigenvalue weighted by Crippen LogP contribution is -2.41. The Hall–Kier alpha value is -1.54. The quantitative estimate of drug-likeness (QED) is 0.803. The van der Waals surface area contributed by atoms with Crippen molar-refractivity contribution in [2.24, 2.45) is 0 Å². The summed E-state index contributed by atoms with van der Waals surface area (Å²) in [6, 6.07) is 1.89. The second-order valence-corrected chi connectivity index (χ2v) is 4.64. The van der Waals surface area contributed by atoms with Crippen LogP contribution >= 0.6 is 12.4 Å². The Balaban J connectivity index is 0.00000242. The standard InChI is InChI=1S/C13H16F3N3O2.ClH/c14-13(15,16)9-3-1-6-19-12(9)21-8-7-18-11(20)10-4-2-5-17-10;/h1,3,6,10,17H,2,4-5,7-8H2,(H,18,20);1H. The minimum absolute atomic E-state index is 0. The van der Waals surface area contributed by atoms with Crippen LogP contribution in [0.1, 0.15) is 18.4 Å². The molecule has 5 nitrogen and oxygen atoms in total. The van der Waals surface area contributed by atoms with Crippen molar-refractivity contribution in [3.63, 3.8) is 0 Å². The number of hydrogen-bond acceptors (Lipinski definition) is 4. The van der Waals surface area contributed by atoms with Crippen LogP contribution in [0, 0.1) is 0 Å². The summed E-state index contributed by atoms with van der Waals surface area (Å²) < 4.78 is 43.1. The molecule has 1 aliphatic rings. The molecule has 0 bridgehead atoms. The Kier molecular flexibility index (Phi) is 6.89. The molecule has 0 aliphatic carbocycles. The van der Waals surface area contributed by atoms with Crippen molar-refractivity contribution in [1.82, 2.24) is 15.6 Å². The van der Waals surface area contributed by atoms with E-state index in [4.69, 9.17) is 4.74 Å². The molecule has 0 spiro atoms. The highest BCUT2D eigenvalue weighted by molar-refractivity contribution is 5.85. The lowest BCUT2D eigenvalue weighted by atomic mass is 10.2. The first-order valence-corrected chi connectivity index (χ1v) is 6.64. The van der Waals surface area contributed by atoms with Gasteiger partial charge in [0.25, 0.3) is 0 Å². The number of nitrogens with one attached hydrogen (secondary N) is 2. The molecule has 1 aliphatic heterocycles. The van der Waals surface area contributed by atoms with Gasteiger partial charge in [0.15, 0.2) is 0 Å². The summed E-state index contributed by atoms with van der Waals surface area (Å²) in [4.78, 5) is 15.2. The fraction of sp³-hybridized carbons (Fsp3) is 0.538. The van der Waals surface area contributed by atoms with Crippen LogP contribution in [0.2, 0.25) is 0 Å². The molecule has 1 aromatic heterocycles. The van der Waals surface area contributed by atoms with Gasteiger partial charge in [0.1, 0.15) is 12.2 Å². The molecule has 0 radical (unpaired) electrons. The van der Waals surface area contributed by atoms with Crippen LogP contribution in [0.25, 0.3) is 0 Å². The van der Waals surface area contributed by atoms with E-state index in [9.17, 15) is 18.0 Å². The molecule has 1 amide bonds. The van der Waals surface area contributed by atoms with Crippen LogP contribution < -0.4 is 15.4 Å². The van der Waals surface area contributed by atoms with E-state index in [1.165, 1.54) is 12.3 Å². The zero-order chi connectivity index (χ0) is 15.3. The minimum atomic E-state index is -4.51. The van der Waals surface area contributed by atoms with Crippen LogP contribution in [0.4, 0.5) is 13.2 Å². The monoisotopic (exact) mass is 339 g/mol. The van der Waals surface area contributed by atoms with Gasteiger partial charge in [0.2, 0.25) is 11.8 Å². The maximum Gasteiger partial charge on any atom is 0.421 e. The fourth-order valence-corrected chi connectivity index (χ4v) is 2.08. The van der Waals surface area contributed by atoms with Gasteiger partial charge in [0.05, 0.1) is 12.6 Å². The number of aromatic nitrogens is 1. The summed E-state index contributed by atoms with van der Waals surface area (Å²) in [5, 5.41) is 5.65. The van der Waals surface area contributed by atoms with Crippen molar-refractivity contribution in [3.8, 4) is 5.88 Å². The molecule has 1 aromatic rings. The van der Waals surface area contributed by atoms with Crippen molar-refractivity contribution >= 4 is 18.3 Å². The highest BCUT2D eigenvalue weighted by Gasteiger charge is 2.35. The van der Waals surface area contributed by atoms with Gasteiger partial charge in [-0.3, -0.25) is 4.79 Å². The molecule has 9 heteroatoms. The molecule has 1 fully saturated rings. The lowest BCUT2D eigenvalue weighted by molar-refractivity contribution is -0.139. The molecule has 1 unspecified atom stereocenters. The average Bonchev–Trinajstić information content (AvgIpc) is 2.97. The number of carbonyl (C=O) groups excluding carboxylic acids is 1. The van der Waals surface area contributed by atoms with E-state index in [0.717, 1.165) is 25.5 Å². The van der Waals surface area contributed by atoms with Gasteiger partial charge >= 0.3 is 6.18 Å². The summed E-state index contributed by atoms with van der Waals surface area (Å²) in [5.41, 5.74) is -0.922. The van der Waals surface area contributed by atoms with Gasteiger partial charge in [0, 0.05) is 6.20 Å². The minimum Gasteiger partial charge on any atom is -0.475 e. The predicted octanol–water partition coefficient (Wildman–Crippen LogP) is 1.77. The Morgan fingerprint density at radius 3 is 2.91 bits per heavy atom. The van der Waals surface area contributed by atoms with Gasteiger partial charge in [-0.25, -0.2) is 4.98 Å². The smallest absolute Gasteiger partial charge is 0.421 e. The maximum absolute atomic E-state index is 12.7. The number of halogens is 4. The van der Waals surface area contributed by atoms with E-state index in [1.807, 2.05) is 0 Å². The van der Waals surface area contributed by atoms with E-state index >= 15 is 0 Å². The summed E-state index contributed by atoms with van der Waals surface area (Å²) >= 11 is 0. The fourth-order valence-electron chi connectivity index (χ4n) is 2.08. The SMILES string of the molecule is Cl.O=C(NCCOc1ncccc1C(F)(F)F)C1CCCN1. The van der Waals surface area contributed by atoms with Crippen molar-refractivity contribution in [2.75, 3.05) is 19.7 Å². The number of carbonyl (C=O) groups is 1. The highest BCUT2D eigenvalue weighted by Crippen LogP contribution is 2.34. The number of amides is 1. The second-order valence-electron chi connectivity index (χ2n) is 4.64. The number of pyridine rings is 1. The molecule has 0 saturated carbocycles. The second kappa shape index (κ2) is 8.19. The first kappa shape index (κ1) is 18.5. The Bertz CT molecular complexity index is 494. The summed E-state index contributed by atoms with van der Waals surface area (Å²) in [7, 11) is 0. The molecule has 1 atom stereocenters. The van der Waals surface area contributed by atoms with Crippen molar-refractivity contribution < 1.29 is 22.7 Å². The molecular formula is C13H17ClF3N3O2. The number of rotatable bonds is 5. The molecule has 2 heterocycles.